The maximum atomic E-state index is 12.3. The molecule has 1 N–H and O–H groups in total. The van der Waals surface area contributed by atoms with Crippen molar-refractivity contribution in [1.82, 2.24) is 0 Å². The van der Waals surface area contributed by atoms with Gasteiger partial charge in [0.1, 0.15) is 0 Å². The highest BCUT2D eigenvalue weighted by Crippen LogP contribution is 2.40. The predicted molar refractivity (Wildman–Crippen MR) is 63.1 cm³/mol. The number of hydrogen-bond acceptors (Lipinski definition) is 1. The van der Waals surface area contributed by atoms with Crippen LogP contribution in [0.1, 0.15) is 5.56 Å². The highest BCUT2D eigenvalue weighted by Gasteiger charge is 2.61. The number of halogens is 7. The normalized spacial score (nSPS) is 12.7. The van der Waals surface area contributed by atoms with Gasteiger partial charge in [-0.15, -0.1) is 0 Å². The van der Waals surface area contributed by atoms with Crippen LogP contribution in [0.3, 0.4) is 0 Å². The number of aryl methyl sites for hydroxylation is 1. The fourth-order valence-electron chi connectivity index (χ4n) is 1.41. The number of carbonyl (C=O) groups excluding carboxylic acids is 1. The molecule has 0 saturated carbocycles. The summed E-state index contributed by atoms with van der Waals surface area (Å²) in [5.41, 5.74) is 0.553. The van der Waals surface area contributed by atoms with Crippen LogP contribution in [0, 0.1) is 12.8 Å². The van der Waals surface area contributed by atoms with Crippen molar-refractivity contribution in [1.29, 1.82) is 0 Å². The van der Waals surface area contributed by atoms with E-state index in [1.165, 1.54) is 18.2 Å². The molecule has 0 heterocycles. The molecule has 0 fully saturated rings. The standard InChI is InChI=1S/C11H8BrF6NO/c1-5-2-3-7(6(12)4-5)19-9(20)8(10(13,14)15)11(16,17)18/h2-4,8H,1H3,(H,19,20). The van der Waals surface area contributed by atoms with E-state index in [1.54, 1.807) is 12.2 Å². The summed E-state index contributed by atoms with van der Waals surface area (Å²) in [5, 5.41) is 1.62. The molecule has 0 spiro atoms. The van der Waals surface area contributed by atoms with Crippen LogP contribution in [-0.2, 0) is 4.79 Å². The molecule has 0 radical (unpaired) electrons. The number of hydrogen-bond donors (Lipinski definition) is 1. The number of nitrogens with one attached hydrogen (secondary N) is 1. The van der Waals surface area contributed by atoms with Crippen molar-refractivity contribution in [2.24, 2.45) is 5.92 Å². The Kier molecular flexibility index (Phi) is 4.73. The van der Waals surface area contributed by atoms with Crippen LogP contribution in [-0.4, -0.2) is 18.3 Å². The maximum Gasteiger partial charge on any atom is 0.409 e. The number of carbonyl (C=O) groups is 1. The van der Waals surface area contributed by atoms with Gasteiger partial charge in [-0.05, 0) is 40.5 Å². The molecule has 0 aliphatic carbocycles. The van der Waals surface area contributed by atoms with Crippen molar-refractivity contribution in [3.05, 3.63) is 28.2 Å². The summed E-state index contributed by atoms with van der Waals surface area (Å²) in [5.74, 6) is -6.24. The van der Waals surface area contributed by atoms with Gasteiger partial charge in [-0.25, -0.2) is 0 Å². The van der Waals surface area contributed by atoms with Crippen LogP contribution in [0.25, 0.3) is 0 Å². The number of alkyl halides is 6. The summed E-state index contributed by atoms with van der Waals surface area (Å²) < 4.78 is 74.2. The second-order valence-corrected chi connectivity index (χ2v) is 4.84. The molecule has 0 aliphatic rings. The van der Waals surface area contributed by atoms with Crippen LogP contribution in [0.4, 0.5) is 32.0 Å². The molecule has 0 saturated heterocycles. The first-order chi connectivity index (χ1) is 8.93. The molecular weight excluding hydrogens is 356 g/mol. The molecule has 0 atom stereocenters. The lowest BCUT2D eigenvalue weighted by atomic mass is 10.1. The second kappa shape index (κ2) is 5.63. The fourth-order valence-corrected chi connectivity index (χ4v) is 2.00. The van der Waals surface area contributed by atoms with Gasteiger partial charge in [0, 0.05) is 4.47 Å². The van der Waals surface area contributed by atoms with Gasteiger partial charge < -0.3 is 5.32 Å². The zero-order chi connectivity index (χ0) is 15.7. The summed E-state index contributed by atoms with van der Waals surface area (Å²) in [6, 6.07) is 4.10. The minimum atomic E-state index is -5.71. The molecule has 0 aliphatic heterocycles. The van der Waals surface area contributed by atoms with Crippen molar-refractivity contribution in [2.45, 2.75) is 19.3 Å². The van der Waals surface area contributed by atoms with E-state index in [1.807, 2.05) is 0 Å². The van der Waals surface area contributed by atoms with Gasteiger partial charge >= 0.3 is 12.4 Å². The molecule has 1 amide bonds. The summed E-state index contributed by atoms with van der Waals surface area (Å²) in [6.45, 7) is 1.67. The summed E-state index contributed by atoms with van der Waals surface area (Å²) >= 11 is 2.95. The van der Waals surface area contributed by atoms with E-state index in [9.17, 15) is 31.1 Å². The topological polar surface area (TPSA) is 29.1 Å². The first-order valence-corrected chi connectivity index (χ1v) is 5.92. The Morgan fingerprint density at radius 1 is 1.15 bits per heavy atom. The van der Waals surface area contributed by atoms with E-state index in [0.717, 1.165) is 5.56 Å². The molecule has 0 unspecified atom stereocenters. The highest BCUT2D eigenvalue weighted by molar-refractivity contribution is 9.10. The van der Waals surface area contributed by atoms with E-state index >= 15 is 0 Å². The third-order valence-electron chi connectivity index (χ3n) is 2.30. The molecular formula is C11H8BrF6NO. The Morgan fingerprint density at radius 2 is 1.65 bits per heavy atom. The van der Waals surface area contributed by atoms with E-state index < -0.39 is 24.2 Å². The van der Waals surface area contributed by atoms with Crippen molar-refractivity contribution >= 4 is 27.5 Å². The molecule has 2 nitrogen and oxygen atoms in total. The first kappa shape index (κ1) is 16.8. The average Bonchev–Trinajstić information content (AvgIpc) is 2.17. The Morgan fingerprint density at radius 3 is 2.05 bits per heavy atom. The number of amides is 1. The van der Waals surface area contributed by atoms with Gasteiger partial charge in [0.25, 0.3) is 0 Å². The predicted octanol–water partition coefficient (Wildman–Crippen LogP) is 4.44. The number of benzene rings is 1. The van der Waals surface area contributed by atoms with Crippen LogP contribution in [0.2, 0.25) is 0 Å². The zero-order valence-corrected chi connectivity index (χ0v) is 11.4. The SMILES string of the molecule is Cc1ccc(NC(=O)C(C(F)(F)F)C(F)(F)F)c(Br)c1. The van der Waals surface area contributed by atoms with Crippen LogP contribution < -0.4 is 5.32 Å². The Labute approximate surface area is 118 Å². The van der Waals surface area contributed by atoms with E-state index in [4.69, 9.17) is 0 Å². The molecule has 1 aromatic rings. The average molecular weight is 364 g/mol. The van der Waals surface area contributed by atoms with Crippen molar-refractivity contribution in [3.63, 3.8) is 0 Å². The van der Waals surface area contributed by atoms with Crippen LogP contribution in [0.5, 0.6) is 0 Å². The zero-order valence-electron chi connectivity index (χ0n) is 9.86. The molecule has 0 bridgehead atoms. The lowest BCUT2D eigenvalue weighted by molar-refractivity contribution is -0.272. The molecule has 1 rings (SSSR count). The van der Waals surface area contributed by atoms with Crippen molar-refractivity contribution in [2.75, 3.05) is 5.32 Å². The third-order valence-corrected chi connectivity index (χ3v) is 2.96. The molecule has 1 aromatic carbocycles. The van der Waals surface area contributed by atoms with E-state index in [-0.39, 0.29) is 10.2 Å². The van der Waals surface area contributed by atoms with Crippen LogP contribution in [0.15, 0.2) is 22.7 Å². The largest absolute Gasteiger partial charge is 0.409 e. The van der Waals surface area contributed by atoms with E-state index in [0.29, 0.717) is 0 Å². The van der Waals surface area contributed by atoms with Gasteiger partial charge in [-0.1, -0.05) is 6.07 Å². The minimum absolute atomic E-state index is 0.168. The van der Waals surface area contributed by atoms with E-state index in [2.05, 4.69) is 15.9 Å². The second-order valence-electron chi connectivity index (χ2n) is 3.99. The minimum Gasteiger partial charge on any atom is -0.324 e. The van der Waals surface area contributed by atoms with Gasteiger partial charge in [0.05, 0.1) is 5.69 Å². The lowest BCUT2D eigenvalue weighted by Gasteiger charge is -2.22. The molecule has 20 heavy (non-hydrogen) atoms. The maximum absolute atomic E-state index is 12.3. The Balaban J connectivity index is 3.04. The highest BCUT2D eigenvalue weighted by atomic mass is 79.9. The lowest BCUT2D eigenvalue weighted by Crippen LogP contribution is -2.45. The molecule has 112 valence electrons. The first-order valence-electron chi connectivity index (χ1n) is 5.13. The Bertz CT molecular complexity index is 497. The monoisotopic (exact) mass is 363 g/mol. The summed E-state index contributed by atoms with van der Waals surface area (Å²) in [7, 11) is 0. The van der Waals surface area contributed by atoms with Crippen molar-refractivity contribution < 1.29 is 31.1 Å². The summed E-state index contributed by atoms with van der Waals surface area (Å²) in [4.78, 5) is 11.3. The van der Waals surface area contributed by atoms with Gasteiger partial charge in [-0.3, -0.25) is 4.79 Å². The van der Waals surface area contributed by atoms with Crippen LogP contribution >= 0.6 is 15.9 Å². The van der Waals surface area contributed by atoms with Gasteiger partial charge in [0.2, 0.25) is 11.8 Å². The number of rotatable bonds is 2. The third kappa shape index (κ3) is 4.12. The molecule has 0 aromatic heterocycles. The Hall–Kier alpha value is -1.25. The summed E-state index contributed by atoms with van der Waals surface area (Å²) in [6.07, 6.45) is -11.4. The fraction of sp³-hybridized carbons (Fsp3) is 0.364. The quantitative estimate of drug-likeness (QED) is 0.773. The number of anilines is 1. The van der Waals surface area contributed by atoms with Crippen molar-refractivity contribution in [3.8, 4) is 0 Å². The van der Waals surface area contributed by atoms with Gasteiger partial charge in [-0.2, -0.15) is 26.3 Å². The van der Waals surface area contributed by atoms with Gasteiger partial charge in [0.15, 0.2) is 0 Å². The smallest absolute Gasteiger partial charge is 0.324 e. The molecule has 9 heteroatoms.